The smallest absolute Gasteiger partial charge is 0.386 e. The van der Waals surface area contributed by atoms with Gasteiger partial charge in [-0.2, -0.15) is 0 Å². The number of unbranched alkanes of at least 4 members (excludes halogenated alkanes) is 23. The largest absolute Gasteiger partial charge is 0.388 e. The fourth-order valence-electron chi connectivity index (χ4n) is 5.58. The van der Waals surface area contributed by atoms with Gasteiger partial charge in [0, 0.05) is 6.42 Å². The fraction of sp³-hybridized carbons (Fsp3) is 0.921. The number of hydrogen-bond acceptors (Lipinski definition) is 5. The van der Waals surface area contributed by atoms with Gasteiger partial charge in [-0.3, -0.25) is 9.32 Å². The first-order valence-electron chi connectivity index (χ1n) is 19.6. The molecule has 0 saturated carbocycles. The maximum atomic E-state index is 12.9. The standard InChI is InChI=1S/C38H77N2O5PS/c1-6-8-10-12-14-16-18-20-22-24-26-28-30-32-36(41)38(47-46(43,44)45-35-34-40(3,4)5)39-37(42)33-31-29-27-25-23-21-19-17-15-13-11-9-7-2/h30,32,36,38,41H,6-29,31,33-35H2,1-5H3,(H-,39,42,43,44)/p+1/b32-30+/t36-,38+/m1/s1. The summed E-state index contributed by atoms with van der Waals surface area (Å²) in [5.74, 6) is -0.199. The van der Waals surface area contributed by atoms with Gasteiger partial charge in [0.2, 0.25) is 5.91 Å². The minimum absolute atomic E-state index is 0.120. The first kappa shape index (κ1) is 46.6. The van der Waals surface area contributed by atoms with Gasteiger partial charge in [-0.15, -0.1) is 0 Å². The second kappa shape index (κ2) is 31.6. The van der Waals surface area contributed by atoms with Crippen LogP contribution in [0.25, 0.3) is 0 Å². The van der Waals surface area contributed by atoms with Crippen LogP contribution in [0.3, 0.4) is 0 Å². The van der Waals surface area contributed by atoms with Crippen molar-refractivity contribution in [3.8, 4) is 0 Å². The lowest BCUT2D eigenvalue weighted by molar-refractivity contribution is -0.870. The molecule has 0 aromatic heterocycles. The molecule has 0 aliphatic rings. The predicted molar refractivity (Wildman–Crippen MR) is 205 cm³/mol. The molecule has 280 valence electrons. The molecule has 1 unspecified atom stereocenters. The average Bonchev–Trinajstić information content (AvgIpc) is 3.00. The number of nitrogens with zero attached hydrogens (tertiary/aromatic N) is 1. The normalized spacial score (nSPS) is 14.8. The Kier molecular flexibility index (Phi) is 31.4. The Hall–Kier alpha value is -0.370. The summed E-state index contributed by atoms with van der Waals surface area (Å²) in [4.78, 5) is 23.3. The van der Waals surface area contributed by atoms with E-state index in [0.717, 1.165) is 38.5 Å². The summed E-state index contributed by atoms with van der Waals surface area (Å²) >= 11 is 0.630. The number of aliphatic hydroxyl groups is 1. The van der Waals surface area contributed by atoms with Crippen molar-refractivity contribution < 1.29 is 28.4 Å². The van der Waals surface area contributed by atoms with Crippen LogP contribution in [0.2, 0.25) is 0 Å². The Bertz CT molecular complexity index is 793. The Morgan fingerprint density at radius 2 is 1.13 bits per heavy atom. The molecule has 9 heteroatoms. The molecule has 0 spiro atoms. The third kappa shape index (κ3) is 33.9. The second-order valence-electron chi connectivity index (χ2n) is 14.6. The van der Waals surface area contributed by atoms with E-state index >= 15 is 0 Å². The zero-order chi connectivity index (χ0) is 35.1. The van der Waals surface area contributed by atoms with Crippen LogP contribution < -0.4 is 5.32 Å². The lowest BCUT2D eigenvalue weighted by atomic mass is 10.0. The number of aliphatic hydroxyl groups excluding tert-OH is 1. The van der Waals surface area contributed by atoms with Gasteiger partial charge in [0.1, 0.15) is 24.6 Å². The van der Waals surface area contributed by atoms with Crippen molar-refractivity contribution in [3.63, 3.8) is 0 Å². The topological polar surface area (TPSA) is 95.9 Å². The number of quaternary nitrogens is 1. The number of carbonyl (C=O) groups is 1. The van der Waals surface area contributed by atoms with Gasteiger partial charge in [0.15, 0.2) is 0 Å². The molecule has 0 aliphatic heterocycles. The van der Waals surface area contributed by atoms with Crippen molar-refractivity contribution in [1.82, 2.24) is 5.32 Å². The third-order valence-corrected chi connectivity index (χ3v) is 11.9. The number of hydrogen-bond donors (Lipinski definition) is 3. The van der Waals surface area contributed by atoms with Crippen LogP contribution in [0.15, 0.2) is 12.2 Å². The summed E-state index contributed by atoms with van der Waals surface area (Å²) in [5, 5.41) is 12.8. The molecule has 0 radical (unpaired) electrons. The SMILES string of the molecule is CCCCCCCCCCCCC/C=C/[C@@H](O)[C@@H](NC(=O)CCCCCCCCCCCCCCC)SP(=O)(O)OCC[N+](C)(C)C. The highest BCUT2D eigenvalue weighted by Gasteiger charge is 2.32. The van der Waals surface area contributed by atoms with Crippen LogP contribution in [0.1, 0.15) is 181 Å². The van der Waals surface area contributed by atoms with Crippen LogP contribution in [-0.2, 0) is 13.9 Å². The summed E-state index contributed by atoms with van der Waals surface area (Å²) in [5.41, 5.74) is 0. The number of allylic oxidation sites excluding steroid dienone is 1. The molecular formula is C38H78N2O5PS+. The molecule has 0 aromatic rings. The number of amides is 1. The van der Waals surface area contributed by atoms with E-state index in [1.165, 1.54) is 122 Å². The maximum Gasteiger partial charge on any atom is 0.388 e. The molecular weight excluding hydrogens is 627 g/mol. The maximum absolute atomic E-state index is 12.9. The van der Waals surface area contributed by atoms with Crippen molar-refractivity contribution in [3.05, 3.63) is 12.2 Å². The van der Waals surface area contributed by atoms with E-state index < -0.39 is 18.3 Å². The van der Waals surface area contributed by atoms with Gasteiger partial charge in [0.05, 0.1) is 21.1 Å². The van der Waals surface area contributed by atoms with Gasteiger partial charge >= 0.3 is 6.80 Å². The lowest BCUT2D eigenvalue weighted by Crippen LogP contribution is -2.40. The zero-order valence-corrected chi connectivity index (χ0v) is 33.2. The Balaban J connectivity index is 4.49. The summed E-state index contributed by atoms with van der Waals surface area (Å²) in [6.45, 7) is 1.13. The molecule has 0 rings (SSSR count). The van der Waals surface area contributed by atoms with Gasteiger partial charge in [-0.25, -0.2) is 4.57 Å². The average molecular weight is 706 g/mol. The van der Waals surface area contributed by atoms with E-state index in [2.05, 4.69) is 19.2 Å². The van der Waals surface area contributed by atoms with Crippen LogP contribution in [0, 0.1) is 0 Å². The van der Waals surface area contributed by atoms with E-state index in [-0.39, 0.29) is 12.5 Å². The highest BCUT2D eigenvalue weighted by Crippen LogP contribution is 2.57. The molecule has 3 N–H and O–H groups in total. The Labute approximate surface area is 295 Å². The van der Waals surface area contributed by atoms with Gasteiger partial charge < -0.3 is 19.8 Å². The summed E-state index contributed by atoms with van der Waals surface area (Å²) in [6, 6.07) is 0. The van der Waals surface area contributed by atoms with Gasteiger partial charge in [-0.05, 0) is 30.6 Å². The third-order valence-electron chi connectivity index (χ3n) is 8.69. The quantitative estimate of drug-likeness (QED) is 0.0200. The van der Waals surface area contributed by atoms with E-state index in [0.29, 0.717) is 28.8 Å². The summed E-state index contributed by atoms with van der Waals surface area (Å²) < 4.78 is 18.8. The Morgan fingerprint density at radius 3 is 1.55 bits per heavy atom. The second-order valence-corrected chi connectivity index (χ2v) is 18.6. The van der Waals surface area contributed by atoms with E-state index in [9.17, 15) is 19.4 Å². The summed E-state index contributed by atoms with van der Waals surface area (Å²) in [6.07, 6.45) is 34.0. The van der Waals surface area contributed by atoms with E-state index in [1.807, 2.05) is 27.2 Å². The van der Waals surface area contributed by atoms with E-state index in [4.69, 9.17) is 4.52 Å². The first-order chi connectivity index (χ1) is 22.5. The number of rotatable bonds is 35. The zero-order valence-electron chi connectivity index (χ0n) is 31.5. The molecule has 0 bridgehead atoms. The molecule has 7 nitrogen and oxygen atoms in total. The molecule has 0 aromatic carbocycles. The van der Waals surface area contributed by atoms with Crippen LogP contribution >= 0.6 is 18.2 Å². The van der Waals surface area contributed by atoms with Crippen LogP contribution in [0.4, 0.5) is 0 Å². The molecule has 3 atom stereocenters. The molecule has 47 heavy (non-hydrogen) atoms. The van der Waals surface area contributed by atoms with Crippen molar-refractivity contribution in [2.45, 2.75) is 192 Å². The Morgan fingerprint density at radius 1 is 0.723 bits per heavy atom. The van der Waals surface area contributed by atoms with Gasteiger partial charge in [-0.1, -0.05) is 167 Å². The minimum atomic E-state index is -4.08. The molecule has 0 fully saturated rings. The first-order valence-corrected chi connectivity index (χ1v) is 22.7. The van der Waals surface area contributed by atoms with Gasteiger partial charge in [0.25, 0.3) is 0 Å². The number of nitrogens with one attached hydrogen (secondary N) is 1. The number of carbonyl (C=O) groups excluding carboxylic acids is 1. The minimum Gasteiger partial charge on any atom is -0.386 e. The predicted octanol–water partition coefficient (Wildman–Crippen LogP) is 11.1. The monoisotopic (exact) mass is 706 g/mol. The molecule has 0 aliphatic carbocycles. The molecule has 0 heterocycles. The van der Waals surface area contributed by atoms with Crippen LogP contribution in [-0.4, -0.2) is 66.2 Å². The van der Waals surface area contributed by atoms with Crippen molar-refractivity contribution in [2.75, 3.05) is 34.3 Å². The van der Waals surface area contributed by atoms with E-state index in [1.54, 1.807) is 6.08 Å². The van der Waals surface area contributed by atoms with Crippen molar-refractivity contribution in [2.24, 2.45) is 0 Å². The highest BCUT2D eigenvalue weighted by atomic mass is 32.7. The lowest BCUT2D eigenvalue weighted by Gasteiger charge is -2.26. The number of likely N-dealkylation sites (N-methyl/N-ethyl adjacent to an activating group) is 1. The highest BCUT2D eigenvalue weighted by molar-refractivity contribution is 8.55. The van der Waals surface area contributed by atoms with Crippen molar-refractivity contribution in [1.29, 1.82) is 0 Å². The van der Waals surface area contributed by atoms with Crippen molar-refractivity contribution >= 4 is 24.1 Å². The fourth-order valence-corrected chi connectivity index (χ4v) is 8.43. The van der Waals surface area contributed by atoms with Crippen LogP contribution in [0.5, 0.6) is 0 Å². The molecule has 1 amide bonds. The summed E-state index contributed by atoms with van der Waals surface area (Å²) in [7, 11) is 5.97. The molecule has 0 saturated heterocycles.